The monoisotopic (exact) mass is 268 g/mol. The first kappa shape index (κ1) is 13.6. The van der Waals surface area contributed by atoms with E-state index in [4.69, 9.17) is 4.18 Å². The molecule has 1 fully saturated rings. The summed E-state index contributed by atoms with van der Waals surface area (Å²) >= 11 is 0. The highest BCUT2D eigenvalue weighted by atomic mass is 32.2. The van der Waals surface area contributed by atoms with Crippen molar-refractivity contribution in [2.45, 2.75) is 50.0 Å². The van der Waals surface area contributed by atoms with Crippen LogP contribution in [0.1, 0.15) is 39.0 Å². The molecule has 2 rings (SSSR count). The molecule has 1 saturated carbocycles. The van der Waals surface area contributed by atoms with Gasteiger partial charge >= 0.3 is 0 Å². The van der Waals surface area contributed by atoms with Crippen LogP contribution in [-0.4, -0.2) is 14.5 Å². The smallest absolute Gasteiger partial charge is 0.263 e. The summed E-state index contributed by atoms with van der Waals surface area (Å²) in [6, 6.07) is 8.36. The zero-order chi connectivity index (χ0) is 13.0. The van der Waals surface area contributed by atoms with Crippen molar-refractivity contribution < 1.29 is 12.6 Å². The van der Waals surface area contributed by atoms with Gasteiger partial charge in [0.1, 0.15) is 0 Å². The number of hydrogen-bond donors (Lipinski definition) is 0. The van der Waals surface area contributed by atoms with Crippen LogP contribution in [0.15, 0.2) is 35.2 Å². The summed E-state index contributed by atoms with van der Waals surface area (Å²) in [4.78, 5) is 0.243. The lowest BCUT2D eigenvalue weighted by Crippen LogP contribution is -2.26. The predicted octanol–water partition coefficient (Wildman–Crippen LogP) is 3.36. The highest BCUT2D eigenvalue weighted by molar-refractivity contribution is 7.86. The van der Waals surface area contributed by atoms with Crippen LogP contribution in [0, 0.1) is 5.92 Å². The maximum Gasteiger partial charge on any atom is 0.297 e. The molecule has 0 aromatic heterocycles. The Kier molecular flexibility index (Phi) is 4.40. The number of rotatable bonds is 4. The summed E-state index contributed by atoms with van der Waals surface area (Å²) in [6.07, 6.45) is 5.55. The molecule has 1 aliphatic carbocycles. The first-order valence-electron chi connectivity index (χ1n) is 6.58. The van der Waals surface area contributed by atoms with Crippen molar-refractivity contribution >= 4 is 10.1 Å². The van der Waals surface area contributed by atoms with Gasteiger partial charge in [0.15, 0.2) is 0 Å². The first-order chi connectivity index (χ1) is 8.59. The van der Waals surface area contributed by atoms with Gasteiger partial charge in [0, 0.05) is 0 Å². The summed E-state index contributed by atoms with van der Waals surface area (Å²) in [5.41, 5.74) is 0. The zero-order valence-electron chi connectivity index (χ0n) is 10.7. The molecule has 4 heteroatoms. The molecule has 3 nitrogen and oxygen atoms in total. The fraction of sp³-hybridized carbons (Fsp3) is 0.571. The fourth-order valence-electron chi connectivity index (χ4n) is 2.52. The topological polar surface area (TPSA) is 43.4 Å². The summed E-state index contributed by atoms with van der Waals surface area (Å²) in [7, 11) is -3.61. The van der Waals surface area contributed by atoms with Gasteiger partial charge in [-0.15, -0.1) is 0 Å². The van der Waals surface area contributed by atoms with Gasteiger partial charge in [-0.05, 0) is 37.8 Å². The summed E-state index contributed by atoms with van der Waals surface area (Å²) in [5.74, 6) is 0.372. The van der Waals surface area contributed by atoms with Crippen LogP contribution >= 0.6 is 0 Å². The molecule has 0 N–H and O–H groups in total. The van der Waals surface area contributed by atoms with Crippen molar-refractivity contribution in [3.05, 3.63) is 30.3 Å². The normalized spacial score (nSPS) is 19.6. The summed E-state index contributed by atoms with van der Waals surface area (Å²) in [6.45, 7) is 1.87. The zero-order valence-corrected chi connectivity index (χ0v) is 11.5. The fourth-order valence-corrected chi connectivity index (χ4v) is 3.68. The van der Waals surface area contributed by atoms with Gasteiger partial charge < -0.3 is 0 Å². The molecule has 0 radical (unpaired) electrons. The lowest BCUT2D eigenvalue weighted by molar-refractivity contribution is 0.130. The van der Waals surface area contributed by atoms with Gasteiger partial charge in [-0.3, -0.25) is 4.18 Å². The maximum absolute atomic E-state index is 12.1. The molecule has 100 valence electrons. The Morgan fingerprint density at radius 3 is 2.33 bits per heavy atom. The minimum Gasteiger partial charge on any atom is -0.263 e. The lowest BCUT2D eigenvalue weighted by atomic mass is 9.86. The second kappa shape index (κ2) is 5.85. The largest absolute Gasteiger partial charge is 0.297 e. The van der Waals surface area contributed by atoms with Crippen molar-refractivity contribution in [1.82, 2.24) is 0 Å². The highest BCUT2D eigenvalue weighted by Gasteiger charge is 2.26. The highest BCUT2D eigenvalue weighted by Crippen LogP contribution is 2.29. The van der Waals surface area contributed by atoms with Crippen molar-refractivity contribution in [3.63, 3.8) is 0 Å². The molecular formula is C14H20O3S. The van der Waals surface area contributed by atoms with E-state index in [9.17, 15) is 8.42 Å². The predicted molar refractivity (Wildman–Crippen MR) is 70.7 cm³/mol. The molecule has 1 aromatic carbocycles. The molecule has 0 saturated heterocycles. The van der Waals surface area contributed by atoms with Crippen LogP contribution in [0.2, 0.25) is 0 Å². The third kappa shape index (κ3) is 3.33. The van der Waals surface area contributed by atoms with Crippen LogP contribution in [-0.2, 0) is 14.3 Å². The van der Waals surface area contributed by atoms with Crippen LogP contribution < -0.4 is 0 Å². The Morgan fingerprint density at radius 2 is 1.72 bits per heavy atom. The molecule has 1 aliphatic rings. The Bertz CT molecular complexity index is 461. The van der Waals surface area contributed by atoms with E-state index in [1.165, 1.54) is 19.3 Å². The molecule has 0 heterocycles. The van der Waals surface area contributed by atoms with E-state index in [2.05, 4.69) is 0 Å². The van der Waals surface area contributed by atoms with E-state index in [0.29, 0.717) is 5.92 Å². The summed E-state index contributed by atoms with van der Waals surface area (Å²) < 4.78 is 29.5. The van der Waals surface area contributed by atoms with Crippen LogP contribution in [0.5, 0.6) is 0 Å². The number of benzene rings is 1. The third-order valence-corrected chi connectivity index (χ3v) is 5.03. The van der Waals surface area contributed by atoms with Gasteiger partial charge in [0.25, 0.3) is 10.1 Å². The van der Waals surface area contributed by atoms with Gasteiger partial charge in [-0.2, -0.15) is 8.42 Å². The van der Waals surface area contributed by atoms with Crippen molar-refractivity contribution in [2.75, 3.05) is 0 Å². The molecule has 1 aromatic rings. The van der Waals surface area contributed by atoms with E-state index < -0.39 is 10.1 Å². The Morgan fingerprint density at radius 1 is 1.11 bits per heavy atom. The Labute approximate surface area is 109 Å². The molecule has 0 amide bonds. The third-order valence-electron chi connectivity index (χ3n) is 3.62. The van der Waals surface area contributed by atoms with Crippen molar-refractivity contribution in [2.24, 2.45) is 5.92 Å². The Hall–Kier alpha value is -0.870. The molecule has 18 heavy (non-hydrogen) atoms. The van der Waals surface area contributed by atoms with E-state index in [0.717, 1.165) is 12.8 Å². The molecule has 0 bridgehead atoms. The van der Waals surface area contributed by atoms with Crippen LogP contribution in [0.4, 0.5) is 0 Å². The average Bonchev–Trinajstić information content (AvgIpc) is 2.40. The minimum absolute atomic E-state index is 0.226. The second-order valence-corrected chi connectivity index (χ2v) is 6.54. The molecule has 0 aliphatic heterocycles. The number of hydrogen-bond acceptors (Lipinski definition) is 3. The van der Waals surface area contributed by atoms with Crippen molar-refractivity contribution in [1.29, 1.82) is 0 Å². The SMILES string of the molecule is CC(OS(=O)(=O)c1ccccc1)C1CCCCC1. The maximum atomic E-state index is 12.1. The average molecular weight is 268 g/mol. The lowest BCUT2D eigenvalue weighted by Gasteiger charge is -2.27. The van der Waals surface area contributed by atoms with Gasteiger partial charge in [0.2, 0.25) is 0 Å². The van der Waals surface area contributed by atoms with Crippen LogP contribution in [0.25, 0.3) is 0 Å². The molecule has 1 unspecified atom stereocenters. The molecular weight excluding hydrogens is 248 g/mol. The van der Waals surface area contributed by atoms with Crippen molar-refractivity contribution in [3.8, 4) is 0 Å². The standard InChI is InChI=1S/C14H20O3S/c1-12(13-8-4-2-5-9-13)17-18(15,16)14-10-6-3-7-11-14/h3,6-7,10-13H,2,4-5,8-9H2,1H3. The van der Waals surface area contributed by atoms with E-state index in [1.807, 2.05) is 6.92 Å². The van der Waals surface area contributed by atoms with Crippen LogP contribution in [0.3, 0.4) is 0 Å². The van der Waals surface area contributed by atoms with E-state index in [-0.39, 0.29) is 11.0 Å². The van der Waals surface area contributed by atoms with Gasteiger partial charge in [0.05, 0.1) is 11.0 Å². The van der Waals surface area contributed by atoms with E-state index in [1.54, 1.807) is 30.3 Å². The second-order valence-electron chi connectivity index (χ2n) is 4.97. The minimum atomic E-state index is -3.61. The quantitative estimate of drug-likeness (QED) is 0.786. The summed E-state index contributed by atoms with van der Waals surface area (Å²) in [5, 5.41) is 0. The van der Waals surface area contributed by atoms with Gasteiger partial charge in [-0.25, -0.2) is 0 Å². The Balaban J connectivity index is 2.04. The molecule has 1 atom stereocenters. The van der Waals surface area contributed by atoms with Gasteiger partial charge in [-0.1, -0.05) is 37.5 Å². The first-order valence-corrected chi connectivity index (χ1v) is 7.99. The molecule has 0 spiro atoms. The van der Waals surface area contributed by atoms with E-state index >= 15 is 0 Å².